The monoisotopic (exact) mass is 344 g/mol. The molecule has 1 atom stereocenters. The van der Waals surface area contributed by atoms with Gasteiger partial charge in [0.25, 0.3) is 0 Å². The molecule has 7 nitrogen and oxygen atoms in total. The predicted molar refractivity (Wildman–Crippen MR) is 92.7 cm³/mol. The Bertz CT molecular complexity index is 633. The highest BCUT2D eigenvalue weighted by atomic mass is 16.5. The highest BCUT2D eigenvalue weighted by Gasteiger charge is 2.28. The molecule has 2 N–H and O–H groups in total. The third kappa shape index (κ3) is 5.76. The number of carbonyl (C=O) groups is 2. The number of carbonyl (C=O) groups excluding carboxylic acids is 2. The number of nitrogens with zero attached hydrogens (tertiary/aromatic N) is 2. The Hall–Kier alpha value is -2.59. The maximum absolute atomic E-state index is 12.6. The molecule has 0 aliphatic carbocycles. The summed E-state index contributed by atoms with van der Waals surface area (Å²) >= 11 is 0. The lowest BCUT2D eigenvalue weighted by molar-refractivity contribution is -0.124. The van der Waals surface area contributed by atoms with Gasteiger partial charge < -0.3 is 20.3 Å². The number of nitrogens with one attached hydrogen (secondary N) is 2. The first-order valence-corrected chi connectivity index (χ1v) is 8.32. The molecule has 0 radical (unpaired) electrons. The van der Waals surface area contributed by atoms with Crippen molar-refractivity contribution >= 4 is 11.9 Å². The summed E-state index contributed by atoms with van der Waals surface area (Å²) in [6.07, 6.45) is 0.351. The van der Waals surface area contributed by atoms with Crippen molar-refractivity contribution in [2.24, 2.45) is 0 Å². The van der Waals surface area contributed by atoms with E-state index in [4.69, 9.17) is 10.00 Å². The van der Waals surface area contributed by atoms with Crippen molar-refractivity contribution < 1.29 is 14.3 Å². The fraction of sp³-hybridized carbons (Fsp3) is 0.500. The van der Waals surface area contributed by atoms with Crippen LogP contribution in [0.4, 0.5) is 4.79 Å². The number of ether oxygens (including phenoxy) is 1. The minimum absolute atomic E-state index is 0.297. The Morgan fingerprint density at radius 2 is 1.92 bits per heavy atom. The first kappa shape index (κ1) is 18.7. The molecule has 1 fully saturated rings. The van der Waals surface area contributed by atoms with Gasteiger partial charge in [-0.05, 0) is 19.4 Å². The molecule has 2 rings (SSSR count). The number of morpholine rings is 1. The van der Waals surface area contributed by atoms with Gasteiger partial charge in [-0.15, -0.1) is 0 Å². The Morgan fingerprint density at radius 3 is 2.52 bits per heavy atom. The van der Waals surface area contributed by atoms with E-state index in [0.717, 1.165) is 5.56 Å². The molecular weight excluding hydrogens is 320 g/mol. The number of hydrogen-bond donors (Lipinski definition) is 2. The van der Waals surface area contributed by atoms with E-state index in [1.807, 2.05) is 36.4 Å². The molecule has 1 aromatic carbocycles. The van der Waals surface area contributed by atoms with Crippen LogP contribution in [0.1, 0.15) is 19.4 Å². The van der Waals surface area contributed by atoms with Crippen molar-refractivity contribution in [2.75, 3.05) is 26.3 Å². The number of urea groups is 1. The summed E-state index contributed by atoms with van der Waals surface area (Å²) in [5, 5.41) is 14.6. The second kappa shape index (κ2) is 8.49. The van der Waals surface area contributed by atoms with Crippen LogP contribution in [0, 0.1) is 11.3 Å². The largest absolute Gasteiger partial charge is 0.378 e. The normalized spacial score (nSPS) is 15.8. The average molecular weight is 344 g/mol. The van der Waals surface area contributed by atoms with E-state index in [-0.39, 0.29) is 11.9 Å². The molecule has 1 heterocycles. The fourth-order valence-electron chi connectivity index (χ4n) is 2.49. The van der Waals surface area contributed by atoms with E-state index >= 15 is 0 Å². The van der Waals surface area contributed by atoms with E-state index < -0.39 is 11.6 Å². The van der Waals surface area contributed by atoms with Crippen molar-refractivity contribution in [3.8, 4) is 6.07 Å². The highest BCUT2D eigenvalue weighted by Crippen LogP contribution is 2.07. The lowest BCUT2D eigenvalue weighted by Gasteiger charge is -2.30. The van der Waals surface area contributed by atoms with E-state index in [0.29, 0.717) is 32.7 Å². The number of hydrogen-bond acceptors (Lipinski definition) is 4. The van der Waals surface area contributed by atoms with Crippen LogP contribution in [0.3, 0.4) is 0 Å². The van der Waals surface area contributed by atoms with E-state index in [2.05, 4.69) is 10.6 Å². The van der Waals surface area contributed by atoms with Gasteiger partial charge in [-0.3, -0.25) is 4.79 Å². The van der Waals surface area contributed by atoms with Crippen molar-refractivity contribution in [3.05, 3.63) is 35.9 Å². The summed E-state index contributed by atoms with van der Waals surface area (Å²) in [5.41, 5.74) is -0.0740. The van der Waals surface area contributed by atoms with Gasteiger partial charge in [0.2, 0.25) is 5.91 Å². The zero-order valence-electron chi connectivity index (χ0n) is 14.6. The molecule has 134 valence electrons. The quantitative estimate of drug-likeness (QED) is 0.835. The molecule has 7 heteroatoms. The van der Waals surface area contributed by atoms with Gasteiger partial charge in [0.1, 0.15) is 11.6 Å². The molecule has 1 saturated heterocycles. The van der Waals surface area contributed by atoms with Crippen LogP contribution < -0.4 is 10.6 Å². The molecule has 0 spiro atoms. The molecule has 0 saturated carbocycles. The lowest BCUT2D eigenvalue weighted by atomic mass is 10.0. The van der Waals surface area contributed by atoms with Crippen LogP contribution in [0.2, 0.25) is 0 Å². The second-order valence-corrected chi connectivity index (χ2v) is 6.52. The Balaban J connectivity index is 2.09. The molecular formula is C18H24N4O3. The zero-order valence-corrected chi connectivity index (χ0v) is 14.6. The number of amides is 3. The van der Waals surface area contributed by atoms with Gasteiger partial charge in [0.05, 0.1) is 19.3 Å². The molecule has 1 aromatic rings. The number of nitriles is 1. The Labute approximate surface area is 147 Å². The highest BCUT2D eigenvalue weighted by molar-refractivity contribution is 5.88. The molecule has 0 aromatic heterocycles. The topological polar surface area (TPSA) is 94.5 Å². The van der Waals surface area contributed by atoms with E-state index in [1.165, 1.54) is 0 Å². The Kier molecular flexibility index (Phi) is 6.37. The SMILES string of the molecule is CC(C)(C#N)NC(=O)[C@H](Cc1ccccc1)NC(=O)N1CCOCC1. The van der Waals surface area contributed by atoms with Crippen LogP contribution in [0.15, 0.2) is 30.3 Å². The van der Waals surface area contributed by atoms with Gasteiger partial charge in [-0.25, -0.2) is 4.79 Å². The molecule has 1 aliphatic heterocycles. The molecule has 25 heavy (non-hydrogen) atoms. The lowest BCUT2D eigenvalue weighted by Crippen LogP contribution is -2.57. The van der Waals surface area contributed by atoms with Gasteiger partial charge >= 0.3 is 6.03 Å². The molecule has 3 amide bonds. The average Bonchev–Trinajstić information content (AvgIpc) is 2.62. The molecule has 1 aliphatic rings. The maximum atomic E-state index is 12.6. The minimum atomic E-state index is -1.00. The van der Waals surface area contributed by atoms with Crippen LogP contribution in [-0.4, -0.2) is 54.7 Å². The van der Waals surface area contributed by atoms with Crippen LogP contribution >= 0.6 is 0 Å². The minimum Gasteiger partial charge on any atom is -0.378 e. The van der Waals surface area contributed by atoms with Gasteiger partial charge in [0, 0.05) is 19.5 Å². The van der Waals surface area contributed by atoms with Gasteiger partial charge in [-0.2, -0.15) is 5.26 Å². The predicted octanol–water partition coefficient (Wildman–Crippen LogP) is 1.06. The van der Waals surface area contributed by atoms with Crippen molar-refractivity contribution in [1.29, 1.82) is 5.26 Å². The van der Waals surface area contributed by atoms with Crippen LogP contribution in [-0.2, 0) is 16.0 Å². The summed E-state index contributed by atoms with van der Waals surface area (Å²) in [6.45, 7) is 5.21. The van der Waals surface area contributed by atoms with Gasteiger partial charge in [-0.1, -0.05) is 30.3 Å². The summed E-state index contributed by atoms with van der Waals surface area (Å²) in [4.78, 5) is 26.7. The van der Waals surface area contributed by atoms with Crippen molar-refractivity contribution in [2.45, 2.75) is 31.8 Å². The summed E-state index contributed by atoms with van der Waals surface area (Å²) < 4.78 is 5.24. The van der Waals surface area contributed by atoms with Crippen LogP contribution in [0.25, 0.3) is 0 Å². The summed E-state index contributed by atoms with van der Waals surface area (Å²) in [7, 11) is 0. The molecule has 0 unspecified atom stereocenters. The standard InChI is InChI=1S/C18H24N4O3/c1-18(2,13-19)21-16(23)15(12-14-6-4-3-5-7-14)20-17(24)22-8-10-25-11-9-22/h3-7,15H,8-12H2,1-2H3,(H,20,24)(H,21,23)/t15-/m0/s1. The molecule has 0 bridgehead atoms. The van der Waals surface area contributed by atoms with Gasteiger partial charge in [0.15, 0.2) is 0 Å². The van der Waals surface area contributed by atoms with Crippen molar-refractivity contribution in [3.63, 3.8) is 0 Å². The zero-order chi connectivity index (χ0) is 18.3. The van der Waals surface area contributed by atoms with E-state index in [1.54, 1.807) is 18.7 Å². The van der Waals surface area contributed by atoms with Crippen LogP contribution in [0.5, 0.6) is 0 Å². The number of benzene rings is 1. The maximum Gasteiger partial charge on any atom is 0.318 e. The van der Waals surface area contributed by atoms with E-state index in [9.17, 15) is 9.59 Å². The second-order valence-electron chi connectivity index (χ2n) is 6.52. The third-order valence-corrected chi connectivity index (χ3v) is 3.91. The van der Waals surface area contributed by atoms with Crippen molar-refractivity contribution in [1.82, 2.24) is 15.5 Å². The summed E-state index contributed by atoms with van der Waals surface area (Å²) in [5.74, 6) is -0.378. The first-order valence-electron chi connectivity index (χ1n) is 8.32. The fourth-order valence-corrected chi connectivity index (χ4v) is 2.49. The third-order valence-electron chi connectivity index (χ3n) is 3.91. The first-order chi connectivity index (χ1) is 11.9. The Morgan fingerprint density at radius 1 is 1.28 bits per heavy atom. The summed E-state index contributed by atoms with van der Waals surface area (Å²) in [6, 6.07) is 10.4. The smallest absolute Gasteiger partial charge is 0.318 e. The number of rotatable bonds is 5.